The summed E-state index contributed by atoms with van der Waals surface area (Å²) in [5.74, 6) is -0.752. The molecule has 1 N–H and O–H groups in total. The Labute approximate surface area is 116 Å². The van der Waals surface area contributed by atoms with Crippen molar-refractivity contribution in [3.8, 4) is 5.69 Å². The molecular formula is C14H16N4O2. The number of hydrogen-bond donors (Lipinski definition) is 1. The molecule has 6 heteroatoms. The van der Waals surface area contributed by atoms with Gasteiger partial charge in [0.25, 0.3) is 0 Å². The van der Waals surface area contributed by atoms with Crippen molar-refractivity contribution in [2.24, 2.45) is 0 Å². The van der Waals surface area contributed by atoms with E-state index in [4.69, 9.17) is 5.11 Å². The molecule has 3 rings (SSSR count). The van der Waals surface area contributed by atoms with Crippen molar-refractivity contribution in [3.63, 3.8) is 0 Å². The monoisotopic (exact) mass is 272 g/mol. The highest BCUT2D eigenvalue weighted by atomic mass is 16.4. The third-order valence-corrected chi connectivity index (χ3v) is 3.54. The summed E-state index contributed by atoms with van der Waals surface area (Å²) in [5, 5.41) is 17.8. The standard InChI is InChI=1S/C14H16N4O2/c19-14(20)13-7-4-8-17(13)10-11-9-15-18(16-11)12-5-2-1-3-6-12/h1-3,5-6,9,13H,4,7-8,10H2,(H,19,20)/t13-/m1/s1. The third kappa shape index (κ3) is 2.55. The Balaban J connectivity index is 1.73. The first-order valence-electron chi connectivity index (χ1n) is 6.67. The van der Waals surface area contributed by atoms with Gasteiger partial charge in [-0.05, 0) is 31.5 Å². The predicted octanol–water partition coefficient (Wildman–Crippen LogP) is 1.32. The number of aromatic nitrogens is 3. The van der Waals surface area contributed by atoms with Gasteiger partial charge in [-0.3, -0.25) is 9.69 Å². The Bertz CT molecular complexity index is 596. The molecule has 0 radical (unpaired) electrons. The highest BCUT2D eigenvalue weighted by Crippen LogP contribution is 2.19. The van der Waals surface area contributed by atoms with Gasteiger partial charge >= 0.3 is 5.97 Å². The van der Waals surface area contributed by atoms with E-state index in [9.17, 15) is 4.79 Å². The molecule has 0 amide bonds. The molecule has 1 atom stereocenters. The molecule has 20 heavy (non-hydrogen) atoms. The van der Waals surface area contributed by atoms with Crippen LogP contribution in [-0.2, 0) is 11.3 Å². The second-order valence-electron chi connectivity index (χ2n) is 4.93. The topological polar surface area (TPSA) is 71.2 Å². The Morgan fingerprint density at radius 2 is 2.15 bits per heavy atom. The van der Waals surface area contributed by atoms with E-state index in [1.807, 2.05) is 35.2 Å². The number of likely N-dealkylation sites (tertiary alicyclic amines) is 1. The molecule has 0 bridgehead atoms. The van der Waals surface area contributed by atoms with Gasteiger partial charge in [-0.25, -0.2) is 0 Å². The molecule has 1 aliphatic rings. The summed E-state index contributed by atoms with van der Waals surface area (Å²) >= 11 is 0. The van der Waals surface area contributed by atoms with Crippen LogP contribution in [0, 0.1) is 0 Å². The number of rotatable bonds is 4. The number of nitrogens with zero attached hydrogens (tertiary/aromatic N) is 4. The van der Waals surface area contributed by atoms with E-state index in [1.165, 1.54) is 0 Å². The SMILES string of the molecule is O=C(O)[C@H]1CCCN1Cc1cnn(-c2ccccc2)n1. The maximum Gasteiger partial charge on any atom is 0.320 e. The average Bonchev–Trinajstić information content (AvgIpc) is 3.09. The van der Waals surface area contributed by atoms with Crippen LogP contribution in [0.2, 0.25) is 0 Å². The molecule has 0 unspecified atom stereocenters. The predicted molar refractivity (Wildman–Crippen MR) is 72.4 cm³/mol. The van der Waals surface area contributed by atoms with Gasteiger partial charge in [0.1, 0.15) is 6.04 Å². The Hall–Kier alpha value is -2.21. The van der Waals surface area contributed by atoms with Crippen molar-refractivity contribution < 1.29 is 9.90 Å². The van der Waals surface area contributed by atoms with Crippen LogP contribution >= 0.6 is 0 Å². The number of hydrogen-bond acceptors (Lipinski definition) is 4. The maximum absolute atomic E-state index is 11.1. The number of aliphatic carboxylic acids is 1. The highest BCUT2D eigenvalue weighted by molar-refractivity contribution is 5.73. The summed E-state index contributed by atoms with van der Waals surface area (Å²) in [5.41, 5.74) is 1.69. The molecule has 104 valence electrons. The lowest BCUT2D eigenvalue weighted by molar-refractivity contribution is -0.142. The normalized spacial score (nSPS) is 19.3. The first-order valence-corrected chi connectivity index (χ1v) is 6.67. The summed E-state index contributed by atoms with van der Waals surface area (Å²) in [7, 11) is 0. The van der Waals surface area contributed by atoms with E-state index in [0.29, 0.717) is 13.0 Å². The van der Waals surface area contributed by atoms with Crippen LogP contribution in [0.15, 0.2) is 36.5 Å². The number of carbonyl (C=O) groups is 1. The van der Waals surface area contributed by atoms with Gasteiger partial charge < -0.3 is 5.11 Å². The van der Waals surface area contributed by atoms with Crippen LogP contribution < -0.4 is 0 Å². The Morgan fingerprint density at radius 3 is 2.90 bits per heavy atom. The molecule has 6 nitrogen and oxygen atoms in total. The first kappa shape index (κ1) is 12.8. The van der Waals surface area contributed by atoms with E-state index < -0.39 is 12.0 Å². The van der Waals surface area contributed by atoms with Crippen molar-refractivity contribution in [2.45, 2.75) is 25.4 Å². The highest BCUT2D eigenvalue weighted by Gasteiger charge is 2.30. The maximum atomic E-state index is 11.1. The minimum absolute atomic E-state index is 0.392. The van der Waals surface area contributed by atoms with E-state index in [0.717, 1.165) is 24.3 Å². The molecule has 2 aromatic rings. The van der Waals surface area contributed by atoms with E-state index in [-0.39, 0.29) is 0 Å². The van der Waals surface area contributed by atoms with E-state index in [2.05, 4.69) is 10.2 Å². The second kappa shape index (κ2) is 5.42. The van der Waals surface area contributed by atoms with Crippen LogP contribution in [0.4, 0.5) is 0 Å². The molecule has 1 aromatic carbocycles. The summed E-state index contributed by atoms with van der Waals surface area (Å²) < 4.78 is 0. The van der Waals surface area contributed by atoms with Gasteiger partial charge in [0.05, 0.1) is 17.6 Å². The fourth-order valence-corrected chi connectivity index (χ4v) is 2.56. The smallest absolute Gasteiger partial charge is 0.320 e. The van der Waals surface area contributed by atoms with Gasteiger partial charge in [0.15, 0.2) is 0 Å². The number of carboxylic acids is 1. The molecular weight excluding hydrogens is 256 g/mol. The lowest BCUT2D eigenvalue weighted by atomic mass is 10.2. The van der Waals surface area contributed by atoms with Crippen molar-refractivity contribution >= 4 is 5.97 Å². The fourth-order valence-electron chi connectivity index (χ4n) is 2.56. The van der Waals surface area contributed by atoms with Crippen LogP contribution in [0.5, 0.6) is 0 Å². The van der Waals surface area contributed by atoms with Crippen molar-refractivity contribution in [1.29, 1.82) is 0 Å². The molecule has 0 aliphatic carbocycles. The molecule has 1 fully saturated rings. The molecule has 0 saturated carbocycles. The van der Waals surface area contributed by atoms with Crippen molar-refractivity contribution in [1.82, 2.24) is 19.9 Å². The Kier molecular flexibility index (Phi) is 3.47. The fraction of sp³-hybridized carbons (Fsp3) is 0.357. The zero-order chi connectivity index (χ0) is 13.9. The van der Waals surface area contributed by atoms with Gasteiger partial charge in [0.2, 0.25) is 0 Å². The molecule has 0 spiro atoms. The minimum atomic E-state index is -0.752. The van der Waals surface area contributed by atoms with Gasteiger partial charge in [-0.1, -0.05) is 18.2 Å². The van der Waals surface area contributed by atoms with Gasteiger partial charge in [-0.2, -0.15) is 15.0 Å². The zero-order valence-corrected chi connectivity index (χ0v) is 11.0. The first-order chi connectivity index (χ1) is 9.74. The Morgan fingerprint density at radius 1 is 1.35 bits per heavy atom. The lowest BCUT2D eigenvalue weighted by Gasteiger charge is -2.19. The van der Waals surface area contributed by atoms with E-state index in [1.54, 1.807) is 11.0 Å². The van der Waals surface area contributed by atoms with Crippen molar-refractivity contribution in [2.75, 3.05) is 6.54 Å². The van der Waals surface area contributed by atoms with Crippen LogP contribution in [-0.4, -0.2) is 43.6 Å². The summed E-state index contributed by atoms with van der Waals surface area (Å²) in [6, 6.07) is 9.27. The molecule has 2 heterocycles. The zero-order valence-electron chi connectivity index (χ0n) is 11.0. The second-order valence-corrected chi connectivity index (χ2v) is 4.93. The summed E-state index contributed by atoms with van der Waals surface area (Å²) in [4.78, 5) is 14.7. The minimum Gasteiger partial charge on any atom is -0.480 e. The summed E-state index contributed by atoms with van der Waals surface area (Å²) in [6.07, 6.45) is 3.33. The molecule has 1 aliphatic heterocycles. The molecule has 1 saturated heterocycles. The van der Waals surface area contributed by atoms with E-state index >= 15 is 0 Å². The van der Waals surface area contributed by atoms with Crippen LogP contribution in [0.1, 0.15) is 18.5 Å². The van der Waals surface area contributed by atoms with Crippen LogP contribution in [0.25, 0.3) is 5.69 Å². The number of benzene rings is 1. The van der Waals surface area contributed by atoms with Gasteiger partial charge in [-0.15, -0.1) is 0 Å². The number of carboxylic acid groups (broad SMARTS) is 1. The molecule has 1 aromatic heterocycles. The largest absolute Gasteiger partial charge is 0.480 e. The van der Waals surface area contributed by atoms with Crippen LogP contribution in [0.3, 0.4) is 0 Å². The summed E-state index contributed by atoms with van der Waals surface area (Å²) in [6.45, 7) is 1.33. The third-order valence-electron chi connectivity index (χ3n) is 3.54. The van der Waals surface area contributed by atoms with Gasteiger partial charge in [0, 0.05) is 6.54 Å². The average molecular weight is 272 g/mol. The quantitative estimate of drug-likeness (QED) is 0.908. The van der Waals surface area contributed by atoms with Crippen molar-refractivity contribution in [3.05, 3.63) is 42.2 Å². The lowest BCUT2D eigenvalue weighted by Crippen LogP contribution is -2.35. The number of para-hydroxylation sites is 1.